The summed E-state index contributed by atoms with van der Waals surface area (Å²) in [4.78, 5) is 11.7. The van der Waals surface area contributed by atoms with Gasteiger partial charge in [-0.1, -0.05) is 29.8 Å². The Labute approximate surface area is 148 Å². The van der Waals surface area contributed by atoms with Crippen LogP contribution in [0.2, 0.25) is 0 Å². The van der Waals surface area contributed by atoms with E-state index < -0.39 is 0 Å². The summed E-state index contributed by atoms with van der Waals surface area (Å²) in [7, 11) is 1.40. The molecule has 0 unspecified atom stereocenters. The summed E-state index contributed by atoms with van der Waals surface area (Å²) in [5.41, 5.74) is 5.44. The molecule has 2 aliphatic heterocycles. The molecule has 2 aromatic rings. The van der Waals surface area contributed by atoms with Crippen molar-refractivity contribution in [2.45, 2.75) is 31.9 Å². The zero-order valence-electron chi connectivity index (χ0n) is 14.6. The van der Waals surface area contributed by atoms with Crippen LogP contribution in [0.3, 0.4) is 0 Å². The molecule has 25 heavy (non-hydrogen) atoms. The molecule has 0 aromatic heterocycles. The van der Waals surface area contributed by atoms with E-state index in [-0.39, 0.29) is 18.1 Å². The van der Waals surface area contributed by atoms with Crippen molar-refractivity contribution in [3.8, 4) is 0 Å². The van der Waals surface area contributed by atoms with Crippen LogP contribution in [0.1, 0.15) is 52.0 Å². The number of anilines is 1. The first-order chi connectivity index (χ1) is 12.2. The molecule has 3 atom stereocenters. The average molecular weight is 337 g/mol. The Bertz CT molecular complexity index is 784. The molecule has 0 amide bonds. The average Bonchev–Trinajstić information content (AvgIpc) is 2.67. The minimum Gasteiger partial charge on any atom is -0.465 e. The third kappa shape index (κ3) is 2.91. The Morgan fingerprint density at radius 2 is 2.00 bits per heavy atom. The fourth-order valence-electron chi connectivity index (χ4n) is 4.06. The fraction of sp³-hybridized carbons (Fsp3) is 0.381. The number of methoxy groups -OCH3 is 1. The zero-order valence-corrected chi connectivity index (χ0v) is 14.6. The van der Waals surface area contributed by atoms with Gasteiger partial charge in [-0.05, 0) is 43.5 Å². The van der Waals surface area contributed by atoms with Crippen molar-refractivity contribution in [3.63, 3.8) is 0 Å². The van der Waals surface area contributed by atoms with Gasteiger partial charge in [-0.3, -0.25) is 0 Å². The van der Waals surface area contributed by atoms with Gasteiger partial charge >= 0.3 is 5.97 Å². The largest absolute Gasteiger partial charge is 0.465 e. The van der Waals surface area contributed by atoms with Gasteiger partial charge in [-0.2, -0.15) is 0 Å². The van der Waals surface area contributed by atoms with E-state index in [2.05, 4.69) is 30.4 Å². The van der Waals surface area contributed by atoms with Crippen molar-refractivity contribution in [2.24, 2.45) is 5.92 Å². The third-order valence-electron chi connectivity index (χ3n) is 5.31. The molecule has 4 nitrogen and oxygen atoms in total. The van der Waals surface area contributed by atoms with Gasteiger partial charge < -0.3 is 14.8 Å². The zero-order chi connectivity index (χ0) is 17.4. The third-order valence-corrected chi connectivity index (χ3v) is 5.31. The molecular formula is C21H23NO3. The molecule has 1 N–H and O–H groups in total. The lowest BCUT2D eigenvalue weighted by molar-refractivity contribution is -0.0381. The van der Waals surface area contributed by atoms with E-state index in [0.717, 1.165) is 25.1 Å². The molecule has 4 rings (SSSR count). The summed E-state index contributed by atoms with van der Waals surface area (Å²) in [5.74, 6) is 0.0925. The lowest BCUT2D eigenvalue weighted by Crippen LogP contribution is -2.36. The van der Waals surface area contributed by atoms with Gasteiger partial charge in [0.15, 0.2) is 0 Å². The number of carbonyl (C=O) groups is 1. The van der Waals surface area contributed by atoms with Crippen LogP contribution in [0.25, 0.3) is 0 Å². The van der Waals surface area contributed by atoms with Crippen molar-refractivity contribution in [2.75, 3.05) is 19.0 Å². The Balaban J connectivity index is 1.69. The summed E-state index contributed by atoms with van der Waals surface area (Å²) in [6, 6.07) is 14.4. The van der Waals surface area contributed by atoms with Gasteiger partial charge in [-0.15, -0.1) is 0 Å². The fourth-order valence-corrected chi connectivity index (χ4v) is 4.06. The van der Waals surface area contributed by atoms with Crippen LogP contribution < -0.4 is 5.32 Å². The number of nitrogens with one attached hydrogen (secondary N) is 1. The van der Waals surface area contributed by atoms with Gasteiger partial charge in [-0.25, -0.2) is 4.79 Å². The second-order valence-corrected chi connectivity index (χ2v) is 6.92. The number of rotatable bonds is 2. The van der Waals surface area contributed by atoms with Crippen molar-refractivity contribution in [1.29, 1.82) is 0 Å². The number of carbonyl (C=O) groups excluding carboxylic acids is 1. The normalized spacial score (nSPS) is 24.6. The molecule has 2 aliphatic rings. The molecule has 0 aliphatic carbocycles. The first-order valence-corrected chi connectivity index (χ1v) is 8.84. The number of hydrogen-bond donors (Lipinski definition) is 1. The van der Waals surface area contributed by atoms with E-state index >= 15 is 0 Å². The quantitative estimate of drug-likeness (QED) is 0.824. The predicted molar refractivity (Wildman–Crippen MR) is 96.7 cm³/mol. The summed E-state index contributed by atoms with van der Waals surface area (Å²) >= 11 is 0. The predicted octanol–water partition coefficient (Wildman–Crippen LogP) is 4.42. The number of benzene rings is 2. The van der Waals surface area contributed by atoms with E-state index in [1.807, 2.05) is 24.3 Å². The van der Waals surface area contributed by atoms with Crippen molar-refractivity contribution >= 4 is 11.7 Å². The Kier molecular flexibility index (Phi) is 4.22. The molecule has 0 bridgehead atoms. The topological polar surface area (TPSA) is 47.6 Å². The van der Waals surface area contributed by atoms with E-state index in [9.17, 15) is 4.79 Å². The smallest absolute Gasteiger partial charge is 0.337 e. The molecular weight excluding hydrogens is 314 g/mol. The van der Waals surface area contributed by atoms with Gasteiger partial charge in [0.2, 0.25) is 0 Å². The minimum absolute atomic E-state index is 0.134. The highest BCUT2D eigenvalue weighted by molar-refractivity contribution is 5.89. The molecule has 1 fully saturated rings. The van der Waals surface area contributed by atoms with Crippen LogP contribution in [0.4, 0.5) is 5.69 Å². The highest BCUT2D eigenvalue weighted by Gasteiger charge is 2.39. The van der Waals surface area contributed by atoms with Crippen molar-refractivity contribution in [3.05, 3.63) is 64.7 Å². The van der Waals surface area contributed by atoms with E-state index in [1.54, 1.807) is 0 Å². The number of aryl methyl sites for hydroxylation is 1. The monoisotopic (exact) mass is 337 g/mol. The van der Waals surface area contributed by atoms with Crippen LogP contribution in [0.5, 0.6) is 0 Å². The maximum absolute atomic E-state index is 11.7. The molecule has 0 radical (unpaired) electrons. The van der Waals surface area contributed by atoms with Crippen LogP contribution in [-0.4, -0.2) is 19.7 Å². The lowest BCUT2D eigenvalue weighted by Gasteiger charge is -2.43. The molecule has 130 valence electrons. The first kappa shape index (κ1) is 16.2. The van der Waals surface area contributed by atoms with Gasteiger partial charge in [0, 0.05) is 23.8 Å². The molecule has 2 aromatic carbocycles. The number of fused-ring (bicyclic) bond motifs is 3. The summed E-state index contributed by atoms with van der Waals surface area (Å²) in [6.45, 7) is 2.94. The molecule has 2 heterocycles. The molecule has 4 heteroatoms. The standard InChI is InChI=1S/C21H23NO3/c1-13-5-10-18-17(12-13)20-16(4-3-11-25-20)19(22-18)14-6-8-15(9-7-14)21(23)24-2/h5-10,12,16,19-20,22H,3-4,11H2,1-2H3/t16-,19-,20-/m1/s1. The number of esters is 1. The first-order valence-electron chi connectivity index (χ1n) is 8.84. The maximum Gasteiger partial charge on any atom is 0.337 e. The van der Waals surface area contributed by atoms with E-state index in [0.29, 0.717) is 11.5 Å². The maximum atomic E-state index is 11.7. The van der Waals surface area contributed by atoms with Crippen LogP contribution in [0.15, 0.2) is 42.5 Å². The van der Waals surface area contributed by atoms with E-state index in [4.69, 9.17) is 9.47 Å². The van der Waals surface area contributed by atoms with Gasteiger partial charge in [0.05, 0.1) is 24.8 Å². The number of hydrogen-bond acceptors (Lipinski definition) is 4. The summed E-state index contributed by atoms with van der Waals surface area (Å²) < 4.78 is 11.0. The Morgan fingerprint density at radius 1 is 1.20 bits per heavy atom. The number of ether oxygens (including phenoxy) is 2. The molecule has 0 saturated carbocycles. The Morgan fingerprint density at radius 3 is 2.76 bits per heavy atom. The highest BCUT2D eigenvalue weighted by atomic mass is 16.5. The minimum atomic E-state index is -0.303. The lowest BCUT2D eigenvalue weighted by atomic mass is 9.77. The van der Waals surface area contributed by atoms with E-state index in [1.165, 1.54) is 23.8 Å². The summed E-state index contributed by atoms with van der Waals surface area (Å²) in [5, 5.41) is 3.71. The summed E-state index contributed by atoms with van der Waals surface area (Å²) in [6.07, 6.45) is 2.35. The molecule has 1 saturated heterocycles. The van der Waals surface area contributed by atoms with Gasteiger partial charge in [0.25, 0.3) is 0 Å². The van der Waals surface area contributed by atoms with Crippen molar-refractivity contribution in [1.82, 2.24) is 0 Å². The van der Waals surface area contributed by atoms with Gasteiger partial charge in [0.1, 0.15) is 0 Å². The van der Waals surface area contributed by atoms with Crippen LogP contribution in [-0.2, 0) is 9.47 Å². The second kappa shape index (κ2) is 6.52. The molecule has 0 spiro atoms. The van der Waals surface area contributed by atoms with Crippen molar-refractivity contribution < 1.29 is 14.3 Å². The SMILES string of the molecule is COC(=O)c1ccc([C@H]2Nc3ccc(C)cc3[C@@H]3OCCC[C@H]23)cc1. The second-order valence-electron chi connectivity index (χ2n) is 6.92. The van der Waals surface area contributed by atoms with Crippen LogP contribution >= 0.6 is 0 Å². The highest BCUT2D eigenvalue weighted by Crippen LogP contribution is 2.49. The van der Waals surface area contributed by atoms with Crippen LogP contribution in [0, 0.1) is 12.8 Å². The Hall–Kier alpha value is -2.33.